The maximum absolute atomic E-state index is 12.7. The first kappa shape index (κ1) is 15.5. The summed E-state index contributed by atoms with van der Waals surface area (Å²) in [5.41, 5.74) is 1.06. The van der Waals surface area contributed by atoms with E-state index in [2.05, 4.69) is 16.8 Å². The van der Waals surface area contributed by atoms with Crippen molar-refractivity contribution in [2.75, 3.05) is 19.8 Å². The first-order chi connectivity index (χ1) is 10.2. The number of aliphatic hydroxyl groups excluding tert-OH is 2. The first-order valence-corrected chi connectivity index (χ1v) is 7.14. The largest absolute Gasteiger partial charge is 0.395 e. The summed E-state index contributed by atoms with van der Waals surface area (Å²) in [7, 11) is 0. The van der Waals surface area contributed by atoms with Gasteiger partial charge in [0.05, 0.1) is 30.4 Å². The number of amides is 1. The van der Waals surface area contributed by atoms with Crippen LogP contribution in [0.4, 0.5) is 0 Å². The molecule has 1 saturated heterocycles. The molecule has 5 nitrogen and oxygen atoms in total. The molecule has 1 aliphatic heterocycles. The lowest BCUT2D eigenvalue weighted by Crippen LogP contribution is -2.40. The molecular weight excluding hydrogens is 268 g/mol. The van der Waals surface area contributed by atoms with Crippen molar-refractivity contribution in [3.8, 4) is 11.8 Å². The molecule has 0 radical (unpaired) electrons. The molecule has 1 aliphatic rings. The molecule has 21 heavy (non-hydrogen) atoms. The van der Waals surface area contributed by atoms with Crippen molar-refractivity contribution < 1.29 is 15.0 Å². The van der Waals surface area contributed by atoms with Gasteiger partial charge < -0.3 is 15.1 Å². The predicted octanol–water partition coefficient (Wildman–Crippen LogP) is 0.658. The molecule has 2 atom stereocenters. The third-order valence-corrected chi connectivity index (χ3v) is 3.84. The molecule has 0 saturated carbocycles. The van der Waals surface area contributed by atoms with Crippen molar-refractivity contribution in [3.05, 3.63) is 29.6 Å². The monoisotopic (exact) mass is 288 g/mol. The number of hydrogen-bond acceptors (Lipinski definition) is 4. The van der Waals surface area contributed by atoms with Crippen LogP contribution in [0.15, 0.2) is 18.5 Å². The fourth-order valence-electron chi connectivity index (χ4n) is 2.59. The van der Waals surface area contributed by atoms with Crippen molar-refractivity contribution in [2.24, 2.45) is 5.92 Å². The number of nitrogens with zero attached hydrogens (tertiary/aromatic N) is 2. The van der Waals surface area contributed by atoms with Crippen LogP contribution in [-0.4, -0.2) is 51.8 Å². The van der Waals surface area contributed by atoms with Gasteiger partial charge in [-0.05, 0) is 18.4 Å². The predicted molar refractivity (Wildman–Crippen MR) is 78.5 cm³/mol. The number of rotatable bonds is 3. The normalized spacial score (nSPS) is 21.0. The number of carbonyl (C=O) groups is 1. The van der Waals surface area contributed by atoms with E-state index in [0.29, 0.717) is 30.0 Å². The lowest BCUT2D eigenvalue weighted by atomic mass is 10.0. The van der Waals surface area contributed by atoms with Crippen LogP contribution in [0.25, 0.3) is 0 Å². The van der Waals surface area contributed by atoms with Gasteiger partial charge in [0.2, 0.25) is 0 Å². The summed E-state index contributed by atoms with van der Waals surface area (Å²) in [5, 5.41) is 18.3. The Labute approximate surface area is 124 Å². The van der Waals surface area contributed by atoms with Crippen LogP contribution in [0.2, 0.25) is 0 Å². The van der Waals surface area contributed by atoms with Crippen LogP contribution in [0.1, 0.15) is 35.7 Å². The summed E-state index contributed by atoms with van der Waals surface area (Å²) in [6.07, 6.45) is 4.39. The highest BCUT2D eigenvalue weighted by molar-refractivity contribution is 5.97. The van der Waals surface area contributed by atoms with E-state index >= 15 is 0 Å². The molecule has 2 unspecified atom stereocenters. The Morgan fingerprint density at radius 3 is 3.05 bits per heavy atom. The molecular formula is C16H20N2O3. The SMILES string of the molecule is CC1CCN(C(=O)c2ccncc2C#CCCO)C1CO. The first-order valence-electron chi connectivity index (χ1n) is 7.14. The summed E-state index contributed by atoms with van der Waals surface area (Å²) in [4.78, 5) is 18.4. The summed E-state index contributed by atoms with van der Waals surface area (Å²) >= 11 is 0. The van der Waals surface area contributed by atoms with Gasteiger partial charge in [0.15, 0.2) is 0 Å². The van der Waals surface area contributed by atoms with E-state index in [1.807, 2.05) is 6.92 Å². The van der Waals surface area contributed by atoms with Crippen molar-refractivity contribution in [1.29, 1.82) is 0 Å². The highest BCUT2D eigenvalue weighted by Gasteiger charge is 2.34. The molecule has 0 spiro atoms. The van der Waals surface area contributed by atoms with Crippen LogP contribution in [0.5, 0.6) is 0 Å². The van der Waals surface area contributed by atoms with Gasteiger partial charge >= 0.3 is 0 Å². The number of likely N-dealkylation sites (tertiary alicyclic amines) is 1. The molecule has 112 valence electrons. The molecule has 2 heterocycles. The summed E-state index contributed by atoms with van der Waals surface area (Å²) in [6.45, 7) is 2.66. The van der Waals surface area contributed by atoms with Crippen molar-refractivity contribution in [1.82, 2.24) is 9.88 Å². The van der Waals surface area contributed by atoms with E-state index in [-0.39, 0.29) is 25.2 Å². The fourth-order valence-corrected chi connectivity index (χ4v) is 2.59. The summed E-state index contributed by atoms with van der Waals surface area (Å²) in [5.74, 6) is 5.87. The minimum absolute atomic E-state index is 0.00717. The molecule has 0 aliphatic carbocycles. The molecule has 1 amide bonds. The van der Waals surface area contributed by atoms with Crippen LogP contribution >= 0.6 is 0 Å². The van der Waals surface area contributed by atoms with E-state index in [1.54, 1.807) is 23.4 Å². The quantitative estimate of drug-likeness (QED) is 0.801. The molecule has 1 fully saturated rings. The van der Waals surface area contributed by atoms with Crippen molar-refractivity contribution in [3.63, 3.8) is 0 Å². The Kier molecular flexibility index (Phi) is 5.32. The molecule has 1 aromatic rings. The molecule has 1 aromatic heterocycles. The van der Waals surface area contributed by atoms with Crippen LogP contribution in [0.3, 0.4) is 0 Å². The van der Waals surface area contributed by atoms with E-state index < -0.39 is 0 Å². The van der Waals surface area contributed by atoms with Crippen LogP contribution < -0.4 is 0 Å². The number of pyridine rings is 1. The van der Waals surface area contributed by atoms with Crippen LogP contribution in [0, 0.1) is 17.8 Å². The number of aromatic nitrogens is 1. The topological polar surface area (TPSA) is 73.7 Å². The fraction of sp³-hybridized carbons (Fsp3) is 0.500. The summed E-state index contributed by atoms with van der Waals surface area (Å²) < 4.78 is 0. The smallest absolute Gasteiger partial charge is 0.255 e. The zero-order valence-corrected chi connectivity index (χ0v) is 12.1. The van der Waals surface area contributed by atoms with Gasteiger partial charge in [-0.15, -0.1) is 0 Å². The molecule has 2 N–H and O–H groups in total. The Morgan fingerprint density at radius 2 is 2.33 bits per heavy atom. The average molecular weight is 288 g/mol. The van der Waals surface area contributed by atoms with Crippen LogP contribution in [-0.2, 0) is 0 Å². The van der Waals surface area contributed by atoms with Gasteiger partial charge in [-0.25, -0.2) is 0 Å². The maximum atomic E-state index is 12.7. The third-order valence-electron chi connectivity index (χ3n) is 3.84. The second-order valence-electron chi connectivity index (χ2n) is 5.21. The highest BCUT2D eigenvalue weighted by atomic mass is 16.3. The van der Waals surface area contributed by atoms with E-state index in [4.69, 9.17) is 5.11 Å². The number of aliphatic hydroxyl groups is 2. The Hall–Kier alpha value is -1.90. The van der Waals surface area contributed by atoms with E-state index in [9.17, 15) is 9.90 Å². The standard InChI is InChI=1S/C16H20N2O3/c1-12-6-8-18(15(12)11-20)16(21)14-5-7-17-10-13(14)4-2-3-9-19/h5,7,10,12,15,19-20H,3,6,8-9,11H2,1H3. The van der Waals surface area contributed by atoms with Gasteiger partial charge in [0.25, 0.3) is 5.91 Å². The second-order valence-corrected chi connectivity index (χ2v) is 5.21. The Morgan fingerprint density at radius 1 is 1.52 bits per heavy atom. The Balaban J connectivity index is 2.26. The Bertz CT molecular complexity index is 562. The molecule has 0 aromatic carbocycles. The molecule has 2 rings (SSSR count). The minimum Gasteiger partial charge on any atom is -0.395 e. The van der Waals surface area contributed by atoms with Gasteiger partial charge in [-0.3, -0.25) is 9.78 Å². The third kappa shape index (κ3) is 3.41. The van der Waals surface area contributed by atoms with Gasteiger partial charge in [0, 0.05) is 25.4 Å². The van der Waals surface area contributed by atoms with Crippen molar-refractivity contribution in [2.45, 2.75) is 25.8 Å². The molecule has 0 bridgehead atoms. The number of hydrogen-bond donors (Lipinski definition) is 2. The van der Waals surface area contributed by atoms with Gasteiger partial charge in [-0.1, -0.05) is 18.8 Å². The zero-order valence-electron chi connectivity index (χ0n) is 12.1. The lowest BCUT2D eigenvalue weighted by Gasteiger charge is -2.25. The maximum Gasteiger partial charge on any atom is 0.255 e. The van der Waals surface area contributed by atoms with E-state index in [0.717, 1.165) is 6.42 Å². The molecule has 5 heteroatoms. The average Bonchev–Trinajstić information content (AvgIpc) is 2.88. The van der Waals surface area contributed by atoms with Crippen molar-refractivity contribution >= 4 is 5.91 Å². The van der Waals surface area contributed by atoms with E-state index in [1.165, 1.54) is 0 Å². The lowest BCUT2D eigenvalue weighted by molar-refractivity contribution is 0.0648. The summed E-state index contributed by atoms with van der Waals surface area (Å²) in [6, 6.07) is 1.52. The number of carbonyl (C=O) groups excluding carboxylic acids is 1. The zero-order chi connectivity index (χ0) is 15.2. The minimum atomic E-state index is -0.135. The van der Waals surface area contributed by atoms with Gasteiger partial charge in [0.1, 0.15) is 0 Å². The second kappa shape index (κ2) is 7.21. The van der Waals surface area contributed by atoms with Gasteiger partial charge in [-0.2, -0.15) is 0 Å². The highest BCUT2D eigenvalue weighted by Crippen LogP contribution is 2.25.